The molecular weight excluding hydrogens is 765 g/mol. The van der Waals surface area contributed by atoms with Crippen LogP contribution >= 0.6 is 0 Å². The van der Waals surface area contributed by atoms with Gasteiger partial charge in [0.05, 0.1) is 16.4 Å². The Labute approximate surface area is 366 Å². The van der Waals surface area contributed by atoms with E-state index in [-0.39, 0.29) is 0 Å². The zero-order valence-corrected chi connectivity index (χ0v) is 34.7. The summed E-state index contributed by atoms with van der Waals surface area (Å²) in [4.78, 5) is 15.9. The zero-order valence-electron chi connectivity index (χ0n) is 34.7. The van der Waals surface area contributed by atoms with E-state index in [4.69, 9.17) is 15.0 Å². The third kappa shape index (κ3) is 5.38. The average molecular weight is 805 g/mol. The van der Waals surface area contributed by atoms with E-state index < -0.39 is 5.41 Å². The van der Waals surface area contributed by atoms with Crippen molar-refractivity contribution in [2.45, 2.75) is 12.3 Å². The van der Waals surface area contributed by atoms with Crippen LogP contribution in [0.25, 0.3) is 89.2 Å². The summed E-state index contributed by atoms with van der Waals surface area (Å²) in [6.45, 7) is 5.97. The molecule has 2 heterocycles. The van der Waals surface area contributed by atoms with Gasteiger partial charge in [0.25, 0.3) is 0 Å². The van der Waals surface area contributed by atoms with Crippen molar-refractivity contribution in [2.75, 3.05) is 0 Å². The quantitative estimate of drug-likeness (QED) is 0.151. The lowest BCUT2D eigenvalue weighted by atomic mass is 9.68. The fourth-order valence-corrected chi connectivity index (χ4v) is 10.5. The maximum Gasteiger partial charge on any atom is 0.164 e. The van der Waals surface area contributed by atoms with Gasteiger partial charge in [0.2, 0.25) is 0 Å². The van der Waals surface area contributed by atoms with E-state index in [2.05, 4.69) is 199 Å². The molecule has 63 heavy (non-hydrogen) atoms. The van der Waals surface area contributed by atoms with Crippen LogP contribution < -0.4 is 0 Å². The average Bonchev–Trinajstić information content (AvgIpc) is 3.96. The number of nitrogens with zero attached hydrogens (tertiary/aromatic N) is 4. The highest BCUT2D eigenvalue weighted by Crippen LogP contribution is 2.64. The highest BCUT2D eigenvalue weighted by atomic mass is 15.0. The third-order valence-electron chi connectivity index (χ3n) is 13.0. The van der Waals surface area contributed by atoms with Crippen molar-refractivity contribution in [2.24, 2.45) is 0 Å². The molecule has 2 aliphatic rings. The number of rotatable bonds is 7. The zero-order chi connectivity index (χ0) is 42.1. The standard InChI is InChI=1S/C59H40N4/c1-3-5-20-38(4-2)56-60-57(39-35-36-54-49(37-39)45-27-14-18-34-53(45)63(54)40-21-7-6-8-22-40)62-58(61-56)48-28-10-9-23-41(48)46-29-19-30-47-44-26-13-17-33-52(44)59(55(46)47)50-31-15-11-24-42(50)43-25-12-16-32-51(43)59/h3-37H,1H2,2H3/b20-5-,38-4+. The van der Waals surface area contributed by atoms with Gasteiger partial charge in [-0.15, -0.1) is 0 Å². The molecule has 2 aromatic heterocycles. The minimum absolute atomic E-state index is 0.514. The maximum atomic E-state index is 5.40. The predicted octanol–water partition coefficient (Wildman–Crippen LogP) is 14.5. The van der Waals surface area contributed by atoms with E-state index in [1.165, 1.54) is 49.9 Å². The van der Waals surface area contributed by atoms with Crippen LogP contribution in [0.4, 0.5) is 0 Å². The second-order valence-corrected chi connectivity index (χ2v) is 16.2. The van der Waals surface area contributed by atoms with Crippen molar-refractivity contribution in [3.63, 3.8) is 0 Å². The molecule has 0 atom stereocenters. The molecule has 12 rings (SSSR count). The summed E-state index contributed by atoms with van der Waals surface area (Å²) < 4.78 is 2.33. The summed E-state index contributed by atoms with van der Waals surface area (Å²) in [6.07, 6.45) is 7.77. The van der Waals surface area contributed by atoms with Gasteiger partial charge in [0.1, 0.15) is 0 Å². The Bertz CT molecular complexity index is 3490. The molecular formula is C59H40N4. The van der Waals surface area contributed by atoms with Crippen LogP contribution in [0, 0.1) is 0 Å². The molecule has 10 aromatic rings. The van der Waals surface area contributed by atoms with E-state index in [0.29, 0.717) is 17.5 Å². The molecule has 0 amide bonds. The number of hydrogen-bond donors (Lipinski definition) is 0. The number of benzene rings is 8. The van der Waals surface area contributed by atoms with Gasteiger partial charge in [-0.3, -0.25) is 0 Å². The molecule has 0 radical (unpaired) electrons. The minimum Gasteiger partial charge on any atom is -0.309 e. The van der Waals surface area contributed by atoms with E-state index in [1.807, 2.05) is 25.2 Å². The van der Waals surface area contributed by atoms with Crippen molar-refractivity contribution < 1.29 is 0 Å². The molecule has 0 fully saturated rings. The first-order valence-corrected chi connectivity index (χ1v) is 21.5. The van der Waals surface area contributed by atoms with Crippen LogP contribution in [0.3, 0.4) is 0 Å². The maximum absolute atomic E-state index is 5.40. The van der Waals surface area contributed by atoms with Crippen molar-refractivity contribution >= 4 is 27.4 Å². The molecule has 2 aliphatic carbocycles. The largest absolute Gasteiger partial charge is 0.309 e. The van der Waals surface area contributed by atoms with Crippen molar-refractivity contribution in [3.8, 4) is 61.8 Å². The lowest BCUT2D eigenvalue weighted by Gasteiger charge is -2.32. The topological polar surface area (TPSA) is 43.6 Å². The summed E-state index contributed by atoms with van der Waals surface area (Å²) in [5, 5.41) is 2.31. The number of hydrogen-bond acceptors (Lipinski definition) is 3. The van der Waals surface area contributed by atoms with Crippen molar-refractivity contribution in [1.29, 1.82) is 0 Å². The Morgan fingerprint density at radius 3 is 1.71 bits per heavy atom. The Hall–Kier alpha value is -8.21. The normalized spacial score (nSPS) is 13.4. The third-order valence-corrected chi connectivity index (χ3v) is 13.0. The molecule has 4 heteroatoms. The van der Waals surface area contributed by atoms with Gasteiger partial charge >= 0.3 is 0 Å². The molecule has 0 saturated carbocycles. The highest BCUT2D eigenvalue weighted by Gasteiger charge is 2.52. The van der Waals surface area contributed by atoms with Crippen LogP contribution in [0.2, 0.25) is 0 Å². The van der Waals surface area contributed by atoms with Gasteiger partial charge in [-0.25, -0.2) is 15.0 Å². The Balaban J connectivity index is 1.10. The number of aromatic nitrogens is 4. The smallest absolute Gasteiger partial charge is 0.164 e. The molecule has 296 valence electrons. The summed E-state index contributed by atoms with van der Waals surface area (Å²) in [5.41, 5.74) is 18.1. The summed E-state index contributed by atoms with van der Waals surface area (Å²) in [5.74, 6) is 1.81. The van der Waals surface area contributed by atoms with E-state index in [9.17, 15) is 0 Å². The van der Waals surface area contributed by atoms with Crippen LogP contribution in [-0.2, 0) is 5.41 Å². The fraction of sp³-hybridized carbons (Fsp3) is 0.0339. The summed E-state index contributed by atoms with van der Waals surface area (Å²) in [6, 6.07) is 68.0. The van der Waals surface area contributed by atoms with Crippen LogP contribution in [0.15, 0.2) is 219 Å². The van der Waals surface area contributed by atoms with Gasteiger partial charge in [0.15, 0.2) is 17.5 Å². The van der Waals surface area contributed by atoms with Crippen LogP contribution in [0.5, 0.6) is 0 Å². The first-order valence-electron chi connectivity index (χ1n) is 21.5. The van der Waals surface area contributed by atoms with Crippen molar-refractivity contribution in [1.82, 2.24) is 19.5 Å². The van der Waals surface area contributed by atoms with Gasteiger partial charge in [-0.2, -0.15) is 0 Å². The molecule has 0 aliphatic heterocycles. The Morgan fingerprint density at radius 1 is 0.492 bits per heavy atom. The van der Waals surface area contributed by atoms with E-state index in [0.717, 1.165) is 49.9 Å². The lowest BCUT2D eigenvalue weighted by molar-refractivity contribution is 0.796. The van der Waals surface area contributed by atoms with Crippen molar-refractivity contribution in [3.05, 3.63) is 247 Å². The fourth-order valence-electron chi connectivity index (χ4n) is 10.5. The second kappa shape index (κ2) is 14.5. The molecule has 8 aromatic carbocycles. The predicted molar refractivity (Wildman–Crippen MR) is 260 cm³/mol. The first-order chi connectivity index (χ1) is 31.2. The summed E-state index contributed by atoms with van der Waals surface area (Å²) in [7, 11) is 0. The minimum atomic E-state index is -0.514. The number of para-hydroxylation sites is 2. The van der Waals surface area contributed by atoms with Gasteiger partial charge in [0, 0.05) is 33.2 Å². The molecule has 0 bridgehead atoms. The highest BCUT2D eigenvalue weighted by molar-refractivity contribution is 6.10. The van der Waals surface area contributed by atoms with E-state index >= 15 is 0 Å². The number of fused-ring (bicyclic) bond motifs is 13. The molecule has 0 unspecified atom stereocenters. The molecule has 4 nitrogen and oxygen atoms in total. The van der Waals surface area contributed by atoms with Gasteiger partial charge < -0.3 is 4.57 Å². The Kier molecular flexibility index (Phi) is 8.41. The lowest BCUT2D eigenvalue weighted by Crippen LogP contribution is -2.26. The number of allylic oxidation sites excluding steroid dienone is 5. The Morgan fingerprint density at radius 2 is 1.03 bits per heavy atom. The van der Waals surface area contributed by atoms with Crippen LogP contribution in [-0.4, -0.2) is 19.5 Å². The monoisotopic (exact) mass is 804 g/mol. The summed E-state index contributed by atoms with van der Waals surface area (Å²) >= 11 is 0. The second-order valence-electron chi connectivity index (χ2n) is 16.2. The molecule has 1 spiro atoms. The molecule has 0 saturated heterocycles. The van der Waals surface area contributed by atoms with E-state index in [1.54, 1.807) is 6.08 Å². The SMILES string of the molecule is C=C/C=C\C(=C/C)c1nc(-c2ccc3c(c2)c2ccccc2n3-c2ccccc2)nc(-c2ccccc2-c2cccc3c2C2(c4ccccc4-c4ccccc42)c2ccccc2-3)n1. The van der Waals surface area contributed by atoms with Crippen LogP contribution in [0.1, 0.15) is 35.0 Å². The first kappa shape index (κ1) is 36.6. The molecule has 0 N–H and O–H groups in total. The van der Waals surface area contributed by atoms with Gasteiger partial charge in [-0.1, -0.05) is 183 Å². The van der Waals surface area contributed by atoms with Gasteiger partial charge in [-0.05, 0) is 99.0 Å².